The van der Waals surface area contributed by atoms with E-state index in [0.29, 0.717) is 21.3 Å². The van der Waals surface area contributed by atoms with E-state index in [1.165, 1.54) is 16.9 Å². The lowest BCUT2D eigenvalue weighted by molar-refractivity contribution is 0.419. The fourth-order valence-electron chi connectivity index (χ4n) is 3.23. The van der Waals surface area contributed by atoms with Crippen LogP contribution in [0, 0.1) is 3.95 Å². The van der Waals surface area contributed by atoms with Gasteiger partial charge in [-0.1, -0.05) is 42.1 Å². The van der Waals surface area contributed by atoms with Crippen molar-refractivity contribution in [1.29, 1.82) is 0 Å². The van der Waals surface area contributed by atoms with E-state index in [4.69, 9.17) is 17.0 Å². The molecule has 0 amide bonds. The van der Waals surface area contributed by atoms with Crippen molar-refractivity contribution in [3.63, 3.8) is 0 Å². The molecule has 142 valence electrons. The molecule has 1 aliphatic rings. The highest BCUT2D eigenvalue weighted by molar-refractivity contribution is 7.73. The number of aromatic hydroxyl groups is 1. The van der Waals surface area contributed by atoms with Crippen LogP contribution in [0.25, 0.3) is 17.2 Å². The molecule has 0 atom stereocenters. The first-order chi connectivity index (χ1) is 13.6. The summed E-state index contributed by atoms with van der Waals surface area (Å²) in [7, 11) is 0. The maximum absolute atomic E-state index is 10.3. The average Bonchev–Trinajstić information content (AvgIpc) is 3.21. The van der Waals surface area contributed by atoms with Crippen LogP contribution in [0.3, 0.4) is 0 Å². The van der Waals surface area contributed by atoms with Crippen LogP contribution in [-0.4, -0.2) is 16.2 Å². The summed E-state index contributed by atoms with van der Waals surface area (Å²) < 4.78 is 8.36. The average molecular weight is 409 g/mol. The number of hydrogen-bond acceptors (Lipinski definition) is 5. The smallest absolute Gasteiger partial charge is 0.246 e. The van der Waals surface area contributed by atoms with Crippen LogP contribution in [0.1, 0.15) is 18.7 Å². The molecule has 28 heavy (non-hydrogen) atoms. The summed E-state index contributed by atoms with van der Waals surface area (Å²) in [5, 5.41) is 10.3. The SMILES string of the molecule is CCN1C(=C=Cc2sc(=S)n(CC)c2O)Oc2ccc(-c3ccccc3)cc21. The summed E-state index contributed by atoms with van der Waals surface area (Å²) in [6, 6.07) is 16.5. The third-order valence-corrected chi connectivity index (χ3v) is 6.05. The van der Waals surface area contributed by atoms with Crippen LogP contribution in [0.5, 0.6) is 11.6 Å². The van der Waals surface area contributed by atoms with E-state index >= 15 is 0 Å². The predicted octanol–water partition coefficient (Wildman–Crippen LogP) is 6.04. The van der Waals surface area contributed by atoms with E-state index in [2.05, 4.69) is 41.8 Å². The van der Waals surface area contributed by atoms with E-state index < -0.39 is 0 Å². The summed E-state index contributed by atoms with van der Waals surface area (Å²) in [4.78, 5) is 2.76. The largest absolute Gasteiger partial charge is 0.493 e. The van der Waals surface area contributed by atoms with Crippen molar-refractivity contribution in [2.75, 3.05) is 11.4 Å². The first-order valence-corrected chi connectivity index (χ1v) is 10.4. The molecule has 1 aliphatic heterocycles. The van der Waals surface area contributed by atoms with Crippen molar-refractivity contribution >= 4 is 35.3 Å². The Bertz CT molecular complexity index is 1140. The van der Waals surface area contributed by atoms with E-state index in [1.54, 1.807) is 10.6 Å². The second-order valence-corrected chi connectivity index (χ2v) is 7.96. The number of nitrogens with zero attached hydrogens (tertiary/aromatic N) is 2. The van der Waals surface area contributed by atoms with Gasteiger partial charge in [-0.15, -0.1) is 11.3 Å². The maximum Gasteiger partial charge on any atom is 0.246 e. The fourth-order valence-corrected chi connectivity index (χ4v) is 4.55. The van der Waals surface area contributed by atoms with E-state index in [9.17, 15) is 5.11 Å². The molecular weight excluding hydrogens is 388 g/mol. The molecule has 0 unspecified atom stereocenters. The number of thiazole rings is 1. The summed E-state index contributed by atoms with van der Waals surface area (Å²) in [5.74, 6) is 1.60. The number of aromatic nitrogens is 1. The quantitative estimate of drug-likeness (QED) is 0.422. The second-order valence-electron chi connectivity index (χ2n) is 6.29. The molecule has 3 aromatic rings. The Kier molecular flexibility index (Phi) is 5.09. The highest BCUT2D eigenvalue weighted by atomic mass is 32.1. The summed E-state index contributed by atoms with van der Waals surface area (Å²) in [5.41, 5.74) is 6.52. The molecule has 4 nitrogen and oxygen atoms in total. The van der Waals surface area contributed by atoms with Crippen LogP contribution >= 0.6 is 23.6 Å². The van der Waals surface area contributed by atoms with Crippen molar-refractivity contribution in [1.82, 2.24) is 4.57 Å². The van der Waals surface area contributed by atoms with Crippen molar-refractivity contribution < 1.29 is 9.84 Å². The van der Waals surface area contributed by atoms with Gasteiger partial charge in [0.15, 0.2) is 9.70 Å². The Balaban J connectivity index is 1.72. The molecule has 0 spiro atoms. The lowest BCUT2D eigenvalue weighted by Crippen LogP contribution is -2.18. The highest BCUT2D eigenvalue weighted by Gasteiger charge is 2.25. The van der Waals surface area contributed by atoms with Gasteiger partial charge in [0.05, 0.1) is 10.6 Å². The van der Waals surface area contributed by atoms with Crippen LogP contribution in [0.4, 0.5) is 5.69 Å². The van der Waals surface area contributed by atoms with Crippen LogP contribution in [0.15, 0.2) is 60.1 Å². The van der Waals surface area contributed by atoms with Gasteiger partial charge < -0.3 is 14.7 Å². The normalized spacial score (nSPS) is 12.5. The molecule has 2 aromatic carbocycles. The Labute approximate surface area is 173 Å². The Morgan fingerprint density at radius 1 is 1.11 bits per heavy atom. The molecule has 0 saturated carbocycles. The molecule has 2 heterocycles. The lowest BCUT2D eigenvalue weighted by atomic mass is 10.0. The topological polar surface area (TPSA) is 37.6 Å². The van der Waals surface area contributed by atoms with Gasteiger partial charge in [0.25, 0.3) is 0 Å². The minimum atomic E-state index is 0.176. The van der Waals surface area contributed by atoms with Crippen molar-refractivity contribution in [2.24, 2.45) is 0 Å². The van der Waals surface area contributed by atoms with Crippen LogP contribution in [-0.2, 0) is 6.54 Å². The van der Waals surface area contributed by atoms with Crippen LogP contribution in [0.2, 0.25) is 0 Å². The minimum Gasteiger partial charge on any atom is -0.493 e. The molecule has 0 aliphatic carbocycles. The standard InChI is InChI=1S/C22H20N2O2S2/c1-3-23-17-14-16(15-8-6-5-7-9-15)10-11-18(17)26-20(23)13-12-19-21(25)24(4-2)22(27)28-19/h5-12,14,25H,3-4H2,1-2H3. The molecule has 6 heteroatoms. The molecular formula is C22H20N2O2S2. The zero-order chi connectivity index (χ0) is 19.7. The maximum atomic E-state index is 10.3. The van der Waals surface area contributed by atoms with E-state index in [-0.39, 0.29) is 5.88 Å². The summed E-state index contributed by atoms with van der Waals surface area (Å²) in [6.07, 6.45) is 1.74. The molecule has 1 aromatic heterocycles. The second kappa shape index (κ2) is 7.68. The van der Waals surface area contributed by atoms with E-state index in [0.717, 1.165) is 23.5 Å². The number of benzene rings is 2. The Morgan fingerprint density at radius 3 is 2.57 bits per heavy atom. The van der Waals surface area contributed by atoms with Crippen molar-refractivity contribution in [3.05, 3.63) is 69.0 Å². The number of rotatable bonds is 4. The van der Waals surface area contributed by atoms with Crippen molar-refractivity contribution in [2.45, 2.75) is 20.4 Å². The molecule has 4 rings (SSSR count). The monoisotopic (exact) mass is 408 g/mol. The zero-order valence-electron chi connectivity index (χ0n) is 15.7. The molecule has 0 fully saturated rings. The van der Waals surface area contributed by atoms with Gasteiger partial charge in [-0.3, -0.25) is 4.57 Å². The Hall–Kier alpha value is -2.79. The zero-order valence-corrected chi connectivity index (χ0v) is 17.3. The lowest BCUT2D eigenvalue weighted by Gasteiger charge is -2.14. The van der Waals surface area contributed by atoms with E-state index in [1.807, 2.05) is 31.2 Å². The van der Waals surface area contributed by atoms with Gasteiger partial charge in [0.1, 0.15) is 0 Å². The summed E-state index contributed by atoms with van der Waals surface area (Å²) in [6.45, 7) is 5.41. The molecule has 0 saturated heterocycles. The summed E-state index contributed by atoms with van der Waals surface area (Å²) >= 11 is 6.66. The number of hydrogen-bond donors (Lipinski definition) is 1. The van der Waals surface area contributed by atoms with Gasteiger partial charge >= 0.3 is 0 Å². The Morgan fingerprint density at radius 2 is 1.89 bits per heavy atom. The van der Waals surface area contributed by atoms with Gasteiger partial charge in [-0.2, -0.15) is 0 Å². The first-order valence-electron chi connectivity index (χ1n) is 9.16. The molecule has 1 N–H and O–H groups in total. The van der Waals surface area contributed by atoms with Crippen LogP contribution < -0.4 is 9.64 Å². The molecule has 0 radical (unpaired) electrons. The van der Waals surface area contributed by atoms with Gasteiger partial charge in [0.2, 0.25) is 11.8 Å². The first kappa shape index (κ1) is 18.6. The highest BCUT2D eigenvalue weighted by Crippen LogP contribution is 2.41. The van der Waals surface area contributed by atoms with Crippen molar-refractivity contribution in [3.8, 4) is 22.8 Å². The van der Waals surface area contributed by atoms with Gasteiger partial charge in [-0.05, 0) is 49.3 Å². The number of fused-ring (bicyclic) bond motifs is 1. The molecule has 0 bridgehead atoms. The third kappa shape index (κ3) is 3.27. The third-order valence-electron chi connectivity index (χ3n) is 4.66. The predicted molar refractivity (Wildman–Crippen MR) is 117 cm³/mol. The minimum absolute atomic E-state index is 0.176. The number of anilines is 1. The van der Waals surface area contributed by atoms with Gasteiger partial charge in [-0.25, -0.2) is 0 Å². The number of ether oxygens (including phenoxy) is 1. The van der Waals surface area contributed by atoms with Gasteiger partial charge in [0, 0.05) is 19.2 Å². The fraction of sp³-hybridized carbons (Fsp3) is 0.182.